The molecule has 2 aromatic carbocycles. The molecule has 0 aromatic heterocycles. The molecule has 2 amide bonds. The quantitative estimate of drug-likeness (QED) is 0.763. The highest BCUT2D eigenvalue weighted by molar-refractivity contribution is 5.95. The van der Waals surface area contributed by atoms with Gasteiger partial charge in [-0.05, 0) is 36.3 Å². The lowest BCUT2D eigenvalue weighted by Crippen LogP contribution is -2.44. The molecule has 5 nitrogen and oxygen atoms in total. The number of hydrogen-bond acceptors (Lipinski definition) is 3. The molecular weight excluding hydrogens is 347 g/mol. The fourth-order valence-electron chi connectivity index (χ4n) is 2.55. The van der Waals surface area contributed by atoms with Crippen LogP contribution in [0, 0.1) is 5.82 Å². The molecule has 1 unspecified atom stereocenters. The van der Waals surface area contributed by atoms with Gasteiger partial charge < -0.3 is 15.0 Å². The average molecular weight is 370 g/mol. The van der Waals surface area contributed by atoms with Gasteiger partial charge >= 0.3 is 0 Å². The number of ether oxygens (including phenoxy) is 1. The van der Waals surface area contributed by atoms with Crippen molar-refractivity contribution in [1.82, 2.24) is 10.2 Å². The van der Waals surface area contributed by atoms with Gasteiger partial charge in [-0.15, -0.1) is 0 Å². The summed E-state index contributed by atoms with van der Waals surface area (Å²) >= 11 is 0. The van der Waals surface area contributed by atoms with Crippen molar-refractivity contribution in [3.63, 3.8) is 0 Å². The van der Waals surface area contributed by atoms with Gasteiger partial charge in [0.1, 0.15) is 6.04 Å². The third-order valence-electron chi connectivity index (χ3n) is 3.97. The van der Waals surface area contributed by atoms with E-state index >= 15 is 0 Å². The highest BCUT2D eigenvalue weighted by Gasteiger charge is 2.19. The summed E-state index contributed by atoms with van der Waals surface area (Å²) in [5.74, 6) is -0.960. The Balaban J connectivity index is 1.90. The molecule has 0 aliphatic rings. The van der Waals surface area contributed by atoms with Gasteiger partial charge in [-0.1, -0.05) is 36.4 Å². The van der Waals surface area contributed by atoms with Crippen molar-refractivity contribution in [2.24, 2.45) is 0 Å². The first-order chi connectivity index (χ1) is 12.9. The number of benzene rings is 2. The van der Waals surface area contributed by atoms with Crippen LogP contribution in [0.5, 0.6) is 5.75 Å². The molecule has 0 aliphatic carbocycles. The minimum absolute atomic E-state index is 0.151. The predicted octanol–water partition coefficient (Wildman–Crippen LogP) is 3.01. The molecule has 1 N–H and O–H groups in total. The number of nitrogens with one attached hydrogen (secondary N) is 1. The average Bonchev–Trinajstić information content (AvgIpc) is 2.66. The highest BCUT2D eigenvalue weighted by Crippen LogP contribution is 2.18. The SMILES string of the molecule is COc1ccc(CN(C)C(=O)C(C)NC(=O)/C=C/c2ccccc2)cc1F. The van der Waals surface area contributed by atoms with Crippen molar-refractivity contribution in [3.05, 3.63) is 71.6 Å². The molecule has 0 aliphatic heterocycles. The first-order valence-electron chi connectivity index (χ1n) is 8.51. The van der Waals surface area contributed by atoms with Crippen LogP contribution in [0.2, 0.25) is 0 Å². The molecule has 142 valence electrons. The van der Waals surface area contributed by atoms with Gasteiger partial charge in [-0.25, -0.2) is 4.39 Å². The second kappa shape index (κ2) is 9.52. The van der Waals surface area contributed by atoms with Crippen LogP contribution in [0.3, 0.4) is 0 Å². The number of hydrogen-bond donors (Lipinski definition) is 1. The van der Waals surface area contributed by atoms with Crippen LogP contribution < -0.4 is 10.1 Å². The van der Waals surface area contributed by atoms with Crippen LogP contribution in [-0.2, 0) is 16.1 Å². The Morgan fingerprint density at radius 2 is 1.93 bits per heavy atom. The van der Waals surface area contributed by atoms with Crippen molar-refractivity contribution >= 4 is 17.9 Å². The molecule has 0 heterocycles. The molecule has 0 bridgehead atoms. The number of methoxy groups -OCH3 is 1. The summed E-state index contributed by atoms with van der Waals surface area (Å²) < 4.78 is 18.6. The monoisotopic (exact) mass is 370 g/mol. The molecule has 0 saturated heterocycles. The maximum Gasteiger partial charge on any atom is 0.244 e. The van der Waals surface area contributed by atoms with E-state index in [2.05, 4.69) is 5.32 Å². The predicted molar refractivity (Wildman–Crippen MR) is 103 cm³/mol. The van der Waals surface area contributed by atoms with E-state index in [9.17, 15) is 14.0 Å². The van der Waals surface area contributed by atoms with Crippen molar-refractivity contribution in [1.29, 1.82) is 0 Å². The van der Waals surface area contributed by atoms with Crippen LogP contribution in [0.25, 0.3) is 6.08 Å². The van der Waals surface area contributed by atoms with Gasteiger partial charge in [0.2, 0.25) is 11.8 Å². The van der Waals surface area contributed by atoms with Crippen LogP contribution >= 0.6 is 0 Å². The topological polar surface area (TPSA) is 58.6 Å². The van der Waals surface area contributed by atoms with Crippen LogP contribution in [0.1, 0.15) is 18.1 Å². The Labute approximate surface area is 158 Å². The number of carbonyl (C=O) groups excluding carboxylic acids is 2. The third-order valence-corrected chi connectivity index (χ3v) is 3.97. The molecule has 6 heteroatoms. The number of halogens is 1. The molecule has 1 atom stereocenters. The van der Waals surface area contributed by atoms with Crippen molar-refractivity contribution in [2.45, 2.75) is 19.5 Å². The van der Waals surface area contributed by atoms with Crippen LogP contribution in [0.4, 0.5) is 4.39 Å². The first kappa shape index (κ1) is 20.2. The fourth-order valence-corrected chi connectivity index (χ4v) is 2.55. The van der Waals surface area contributed by atoms with Gasteiger partial charge in [-0.3, -0.25) is 9.59 Å². The van der Waals surface area contributed by atoms with Crippen molar-refractivity contribution < 1.29 is 18.7 Å². The summed E-state index contributed by atoms with van der Waals surface area (Å²) in [6.45, 7) is 1.83. The smallest absolute Gasteiger partial charge is 0.244 e. The number of amides is 2. The maximum atomic E-state index is 13.8. The van der Waals surface area contributed by atoms with E-state index in [1.165, 1.54) is 30.2 Å². The molecule has 2 rings (SSSR count). The summed E-state index contributed by atoms with van der Waals surface area (Å²) in [7, 11) is 3.00. The number of carbonyl (C=O) groups is 2. The van der Waals surface area contributed by atoms with Gasteiger partial charge in [0.25, 0.3) is 0 Å². The van der Waals surface area contributed by atoms with Gasteiger partial charge in [0, 0.05) is 19.7 Å². The van der Waals surface area contributed by atoms with Crippen molar-refractivity contribution in [2.75, 3.05) is 14.2 Å². The van der Waals surface area contributed by atoms with E-state index in [0.717, 1.165) is 5.56 Å². The van der Waals surface area contributed by atoms with Crippen molar-refractivity contribution in [3.8, 4) is 5.75 Å². The summed E-state index contributed by atoms with van der Waals surface area (Å²) in [4.78, 5) is 25.9. The second-order valence-electron chi connectivity index (χ2n) is 6.14. The van der Waals surface area contributed by atoms with Crippen LogP contribution in [-0.4, -0.2) is 36.9 Å². The molecule has 0 spiro atoms. The number of nitrogens with zero attached hydrogens (tertiary/aromatic N) is 1. The lowest BCUT2D eigenvalue weighted by atomic mass is 10.2. The number of rotatable bonds is 7. The minimum Gasteiger partial charge on any atom is -0.494 e. The molecule has 0 saturated carbocycles. The molecule has 0 fully saturated rings. The summed E-state index contributed by atoms with van der Waals surface area (Å²) in [5, 5.41) is 2.64. The van der Waals surface area contributed by atoms with E-state index in [1.54, 1.807) is 26.1 Å². The minimum atomic E-state index is -0.703. The largest absolute Gasteiger partial charge is 0.494 e. The lowest BCUT2D eigenvalue weighted by Gasteiger charge is -2.22. The van der Waals surface area contributed by atoms with E-state index in [4.69, 9.17) is 4.74 Å². The zero-order valence-corrected chi connectivity index (χ0v) is 15.6. The standard InChI is InChI=1S/C21H23FN2O3/c1-15(23-20(25)12-10-16-7-5-4-6-8-16)21(26)24(2)14-17-9-11-19(27-3)18(22)13-17/h4-13,15H,14H2,1-3H3,(H,23,25)/b12-10+. The Morgan fingerprint density at radius 3 is 2.56 bits per heavy atom. The van der Waals surface area contributed by atoms with Crippen LogP contribution in [0.15, 0.2) is 54.6 Å². The Hall–Kier alpha value is -3.15. The normalized spacial score (nSPS) is 11.9. The first-order valence-corrected chi connectivity index (χ1v) is 8.51. The van der Waals surface area contributed by atoms with E-state index in [0.29, 0.717) is 5.56 Å². The summed E-state index contributed by atoms with van der Waals surface area (Å²) in [6.07, 6.45) is 3.06. The molecule has 27 heavy (non-hydrogen) atoms. The molecule has 2 aromatic rings. The van der Waals surface area contributed by atoms with Gasteiger partial charge in [0.15, 0.2) is 11.6 Å². The van der Waals surface area contributed by atoms with E-state index in [-0.39, 0.29) is 24.1 Å². The maximum absolute atomic E-state index is 13.8. The third kappa shape index (κ3) is 5.95. The molecular formula is C21H23FN2O3. The lowest BCUT2D eigenvalue weighted by molar-refractivity contribution is -0.134. The molecule has 0 radical (unpaired) electrons. The second-order valence-corrected chi connectivity index (χ2v) is 6.14. The summed E-state index contributed by atoms with van der Waals surface area (Å²) in [6, 6.07) is 13.2. The van der Waals surface area contributed by atoms with Gasteiger partial charge in [-0.2, -0.15) is 0 Å². The zero-order chi connectivity index (χ0) is 19.8. The Morgan fingerprint density at radius 1 is 1.22 bits per heavy atom. The van der Waals surface area contributed by atoms with E-state index in [1.807, 2.05) is 30.3 Å². The summed E-state index contributed by atoms with van der Waals surface area (Å²) in [5.41, 5.74) is 1.52. The van der Waals surface area contributed by atoms with Gasteiger partial charge in [0.05, 0.1) is 7.11 Å². The highest BCUT2D eigenvalue weighted by atomic mass is 19.1. The Bertz CT molecular complexity index is 821. The van der Waals surface area contributed by atoms with E-state index < -0.39 is 11.9 Å². The fraction of sp³-hybridized carbons (Fsp3) is 0.238. The zero-order valence-electron chi connectivity index (χ0n) is 15.6. The Kier molecular flexibility index (Phi) is 7.11. The number of likely N-dealkylation sites (N-methyl/N-ethyl adjacent to an activating group) is 1.